The summed E-state index contributed by atoms with van der Waals surface area (Å²) in [5.74, 6) is 2.83. The molecule has 0 aromatic carbocycles. The van der Waals surface area contributed by atoms with E-state index in [4.69, 9.17) is 4.74 Å². The van der Waals surface area contributed by atoms with Crippen LogP contribution < -0.4 is 0 Å². The van der Waals surface area contributed by atoms with Gasteiger partial charge in [0.05, 0.1) is 18.3 Å². The first-order valence-electron chi connectivity index (χ1n) is 16.2. The number of fused-ring (bicyclic) bond motifs is 5. The van der Waals surface area contributed by atoms with E-state index in [0.29, 0.717) is 52.1 Å². The Balaban J connectivity index is 0.00000118. The number of carbonyl (C=O) groups is 1. The van der Waals surface area contributed by atoms with Gasteiger partial charge in [-0.2, -0.15) is 0 Å². The molecule has 5 rings (SSSR count). The molecule has 9 unspecified atom stereocenters. The van der Waals surface area contributed by atoms with Gasteiger partial charge in [-0.15, -0.1) is 6.58 Å². The molecule has 1 aromatic rings. The molecule has 4 saturated carbocycles. The topological polar surface area (TPSA) is 59.4 Å². The third kappa shape index (κ3) is 5.09. The molecule has 0 aliphatic heterocycles. The van der Waals surface area contributed by atoms with E-state index in [1.54, 1.807) is 30.6 Å². The highest BCUT2D eigenvalue weighted by Crippen LogP contribution is 2.74. The van der Waals surface area contributed by atoms with E-state index in [-0.39, 0.29) is 17.5 Å². The van der Waals surface area contributed by atoms with E-state index in [9.17, 15) is 9.90 Å². The molecule has 4 aliphatic carbocycles. The zero-order valence-electron chi connectivity index (χ0n) is 26.5. The van der Waals surface area contributed by atoms with Crippen LogP contribution in [0.1, 0.15) is 123 Å². The van der Waals surface area contributed by atoms with Crippen molar-refractivity contribution >= 4 is 5.97 Å². The minimum absolute atomic E-state index is 0.0197. The van der Waals surface area contributed by atoms with Gasteiger partial charge in [-0.1, -0.05) is 54.0 Å². The first kappa shape index (κ1) is 31.3. The Labute approximate surface area is 244 Å². The predicted molar refractivity (Wildman–Crippen MR) is 164 cm³/mol. The lowest BCUT2D eigenvalue weighted by atomic mass is 9.33. The molecule has 40 heavy (non-hydrogen) atoms. The fourth-order valence-corrected chi connectivity index (χ4v) is 10.7. The fourth-order valence-electron chi connectivity index (χ4n) is 10.7. The summed E-state index contributed by atoms with van der Waals surface area (Å²) in [6.07, 6.45) is 17.0. The molecule has 4 fully saturated rings. The second kappa shape index (κ2) is 11.9. The van der Waals surface area contributed by atoms with Crippen LogP contribution in [0.3, 0.4) is 0 Å². The molecule has 0 bridgehead atoms. The van der Waals surface area contributed by atoms with Crippen molar-refractivity contribution < 1.29 is 14.6 Å². The Morgan fingerprint density at radius 2 is 1.80 bits per heavy atom. The highest BCUT2D eigenvalue weighted by atomic mass is 16.5. The minimum atomic E-state index is -0.242. The van der Waals surface area contributed by atoms with Gasteiger partial charge in [0.2, 0.25) is 0 Å². The SMILES string of the molecule is C=CC.CCCC1C2CCC3C4(C)CCC(O)C(C)C4CCC3(C)[C@]2(C)CCC1(C)COC(=O)c1cccnc1. The highest BCUT2D eigenvalue weighted by Gasteiger charge is 2.67. The summed E-state index contributed by atoms with van der Waals surface area (Å²) in [4.78, 5) is 16.9. The Kier molecular flexibility index (Phi) is 9.30. The Morgan fingerprint density at radius 3 is 2.45 bits per heavy atom. The minimum Gasteiger partial charge on any atom is -0.461 e. The largest absolute Gasteiger partial charge is 0.461 e. The molecule has 224 valence electrons. The van der Waals surface area contributed by atoms with Crippen LogP contribution in [0.2, 0.25) is 0 Å². The van der Waals surface area contributed by atoms with Gasteiger partial charge in [0.25, 0.3) is 0 Å². The zero-order valence-corrected chi connectivity index (χ0v) is 26.5. The number of rotatable bonds is 5. The molecule has 1 aromatic heterocycles. The van der Waals surface area contributed by atoms with Gasteiger partial charge in [-0.25, -0.2) is 4.79 Å². The maximum atomic E-state index is 12.8. The average molecular weight is 552 g/mol. The summed E-state index contributed by atoms with van der Waals surface area (Å²) in [6, 6.07) is 3.59. The molecule has 0 radical (unpaired) electrons. The molecule has 0 spiro atoms. The monoisotopic (exact) mass is 551 g/mol. The van der Waals surface area contributed by atoms with Gasteiger partial charge in [0.15, 0.2) is 0 Å². The first-order valence-corrected chi connectivity index (χ1v) is 16.2. The molecule has 0 amide bonds. The highest BCUT2D eigenvalue weighted by molar-refractivity contribution is 5.88. The number of aliphatic hydroxyl groups is 1. The fraction of sp³-hybridized carbons (Fsp3) is 0.778. The molecule has 10 atom stereocenters. The summed E-state index contributed by atoms with van der Waals surface area (Å²) in [7, 11) is 0. The number of pyridine rings is 1. The molecule has 0 saturated heterocycles. The van der Waals surface area contributed by atoms with E-state index in [1.807, 2.05) is 6.92 Å². The predicted octanol–water partition coefficient (Wildman–Crippen LogP) is 8.89. The van der Waals surface area contributed by atoms with Crippen LogP contribution in [-0.2, 0) is 4.74 Å². The summed E-state index contributed by atoms with van der Waals surface area (Å²) in [5, 5.41) is 10.7. The third-order valence-electron chi connectivity index (χ3n) is 13.1. The third-order valence-corrected chi connectivity index (χ3v) is 13.1. The maximum Gasteiger partial charge on any atom is 0.339 e. The van der Waals surface area contributed by atoms with Crippen molar-refractivity contribution in [3.05, 3.63) is 42.7 Å². The number of aliphatic hydroxyl groups excluding tert-OH is 1. The molecule has 1 heterocycles. The maximum absolute atomic E-state index is 12.8. The van der Waals surface area contributed by atoms with E-state index in [0.717, 1.165) is 18.8 Å². The number of carbonyl (C=O) groups excluding carboxylic acids is 1. The quantitative estimate of drug-likeness (QED) is 0.293. The Hall–Kier alpha value is -1.68. The zero-order chi connectivity index (χ0) is 29.3. The Bertz CT molecular complexity index is 1030. The molecular weight excluding hydrogens is 494 g/mol. The number of hydrogen-bond donors (Lipinski definition) is 1. The number of hydrogen-bond acceptors (Lipinski definition) is 4. The summed E-state index contributed by atoms with van der Waals surface area (Å²) < 4.78 is 6.00. The second-order valence-corrected chi connectivity index (χ2v) is 15.0. The standard InChI is InChI=1S/C33H51NO3.C3H6/c1-7-9-25-26-11-12-28-31(4)15-14-27(35)22(2)24(31)13-16-33(28,6)32(26,5)18-17-30(25,3)21-37-29(36)23-10-8-19-34-20-23;1-3-2/h8,10,19-20,22,24-28,35H,7,9,11-18,21H2,1-6H3;3H,1H2,2H3/t22?,24?,25?,26?,27?,28?,30?,31?,32-,33?;/m1./s1. The summed E-state index contributed by atoms with van der Waals surface area (Å²) in [6.45, 7) is 20.7. The van der Waals surface area contributed by atoms with Crippen molar-refractivity contribution in [1.82, 2.24) is 4.98 Å². The van der Waals surface area contributed by atoms with Crippen LogP contribution in [0, 0.1) is 51.2 Å². The normalized spacial score (nSPS) is 44.1. The average Bonchev–Trinajstić information content (AvgIpc) is 2.93. The smallest absolute Gasteiger partial charge is 0.339 e. The first-order chi connectivity index (χ1) is 18.9. The van der Waals surface area contributed by atoms with Gasteiger partial charge >= 0.3 is 5.97 Å². The van der Waals surface area contributed by atoms with Gasteiger partial charge in [-0.05, 0) is 123 Å². The van der Waals surface area contributed by atoms with Crippen molar-refractivity contribution in [2.75, 3.05) is 6.61 Å². The molecule has 4 nitrogen and oxygen atoms in total. The van der Waals surface area contributed by atoms with E-state index in [1.165, 1.54) is 51.4 Å². The Morgan fingerprint density at radius 1 is 1.07 bits per heavy atom. The van der Waals surface area contributed by atoms with Gasteiger partial charge in [0, 0.05) is 17.8 Å². The van der Waals surface area contributed by atoms with Crippen molar-refractivity contribution in [1.29, 1.82) is 0 Å². The number of aromatic nitrogens is 1. The van der Waals surface area contributed by atoms with Crippen LogP contribution in [-0.4, -0.2) is 28.8 Å². The van der Waals surface area contributed by atoms with E-state index < -0.39 is 0 Å². The lowest BCUT2D eigenvalue weighted by Gasteiger charge is -2.72. The van der Waals surface area contributed by atoms with Crippen LogP contribution in [0.25, 0.3) is 0 Å². The molecule has 4 heteroatoms. The molecular formula is C36H57NO3. The number of allylic oxidation sites excluding steroid dienone is 1. The van der Waals surface area contributed by atoms with Crippen LogP contribution >= 0.6 is 0 Å². The summed E-state index contributed by atoms with van der Waals surface area (Å²) in [5.41, 5.74) is 1.56. The van der Waals surface area contributed by atoms with Crippen LogP contribution in [0.5, 0.6) is 0 Å². The lowest BCUT2D eigenvalue weighted by molar-refractivity contribution is -0.237. The van der Waals surface area contributed by atoms with Gasteiger partial charge < -0.3 is 9.84 Å². The number of nitrogens with zero attached hydrogens (tertiary/aromatic N) is 1. The second-order valence-electron chi connectivity index (χ2n) is 15.0. The summed E-state index contributed by atoms with van der Waals surface area (Å²) >= 11 is 0. The van der Waals surface area contributed by atoms with Crippen molar-refractivity contribution in [3.63, 3.8) is 0 Å². The van der Waals surface area contributed by atoms with Gasteiger partial charge in [-0.3, -0.25) is 4.98 Å². The molecule has 4 aliphatic rings. The number of ether oxygens (including phenoxy) is 1. The van der Waals surface area contributed by atoms with E-state index >= 15 is 0 Å². The van der Waals surface area contributed by atoms with Crippen LogP contribution in [0.4, 0.5) is 0 Å². The number of esters is 1. The van der Waals surface area contributed by atoms with Crippen molar-refractivity contribution in [2.24, 2.45) is 51.2 Å². The lowest BCUT2D eigenvalue weighted by Crippen LogP contribution is -2.65. The van der Waals surface area contributed by atoms with Crippen molar-refractivity contribution in [2.45, 2.75) is 119 Å². The van der Waals surface area contributed by atoms with Crippen molar-refractivity contribution in [3.8, 4) is 0 Å². The van der Waals surface area contributed by atoms with E-state index in [2.05, 4.69) is 53.1 Å². The van der Waals surface area contributed by atoms with Crippen LogP contribution in [0.15, 0.2) is 37.2 Å². The molecule has 1 N–H and O–H groups in total. The van der Waals surface area contributed by atoms with Gasteiger partial charge in [0.1, 0.15) is 0 Å².